The molecule has 4 rings (SSSR count). The minimum atomic E-state index is -4.01. The van der Waals surface area contributed by atoms with E-state index in [1.807, 2.05) is 6.07 Å². The van der Waals surface area contributed by atoms with E-state index in [2.05, 4.69) is 6.92 Å². The maximum Gasteiger partial charge on any atom is 0.380 e. The second-order valence-electron chi connectivity index (χ2n) is 8.14. The summed E-state index contributed by atoms with van der Waals surface area (Å²) < 4.78 is 27.1. The van der Waals surface area contributed by atoms with E-state index in [0.29, 0.717) is 24.2 Å². The molecule has 3 aliphatic rings. The van der Waals surface area contributed by atoms with E-state index >= 15 is 0 Å². The van der Waals surface area contributed by atoms with Gasteiger partial charge in [0.25, 0.3) is 0 Å². The summed E-state index contributed by atoms with van der Waals surface area (Å²) in [7, 11) is -4.01. The quantitative estimate of drug-likeness (QED) is 0.733. The molecule has 1 aromatic carbocycles. The number of nitrogens with two attached hydrogens (primary N) is 1. The van der Waals surface area contributed by atoms with Gasteiger partial charge in [0.1, 0.15) is 5.75 Å². The summed E-state index contributed by atoms with van der Waals surface area (Å²) in [5.74, 6) is 1.42. The number of rotatable bonds is 2. The Hall–Kier alpha value is -1.15. The van der Waals surface area contributed by atoms with Crippen LogP contribution in [0, 0.1) is 17.3 Å². The summed E-state index contributed by atoms with van der Waals surface area (Å²) in [6.45, 7) is 2.12. The number of hydrogen-bond donors (Lipinski definition) is 3. The predicted octanol–water partition coefficient (Wildman–Crippen LogP) is 1.46. The van der Waals surface area contributed by atoms with Crippen LogP contribution < -0.4 is 9.32 Å². The van der Waals surface area contributed by atoms with Gasteiger partial charge in [-0.1, -0.05) is 13.0 Å². The number of hydrogen-bond acceptors (Lipinski definition) is 5. The SMILES string of the molecule is C[C@]12CC[C@@H]3c4ccc(OS(N)(=O)=O)cc4CC[C@H]3[C@@H]1C[C@@H](O)[C@@H]2O. The van der Waals surface area contributed by atoms with E-state index in [1.54, 1.807) is 12.1 Å². The number of aliphatic hydroxyl groups is 2. The third-order valence-corrected chi connectivity index (χ3v) is 7.31. The van der Waals surface area contributed by atoms with E-state index in [1.165, 1.54) is 5.56 Å². The summed E-state index contributed by atoms with van der Waals surface area (Å²) in [6.07, 6.45) is 3.11. The van der Waals surface area contributed by atoms with Crippen molar-refractivity contribution in [3.05, 3.63) is 29.3 Å². The van der Waals surface area contributed by atoms with Gasteiger partial charge in [-0.15, -0.1) is 0 Å². The Morgan fingerprint density at radius 2 is 2.04 bits per heavy atom. The third kappa shape index (κ3) is 2.77. The molecule has 7 heteroatoms. The van der Waals surface area contributed by atoms with Crippen molar-refractivity contribution in [1.29, 1.82) is 0 Å². The molecule has 6 nitrogen and oxygen atoms in total. The molecule has 0 aliphatic heterocycles. The highest BCUT2D eigenvalue weighted by molar-refractivity contribution is 7.84. The van der Waals surface area contributed by atoms with Crippen LogP contribution in [0.3, 0.4) is 0 Å². The lowest BCUT2D eigenvalue weighted by atomic mass is 9.55. The lowest BCUT2D eigenvalue weighted by Gasteiger charge is -2.49. The van der Waals surface area contributed by atoms with Gasteiger partial charge in [-0.3, -0.25) is 0 Å². The van der Waals surface area contributed by atoms with Crippen LogP contribution in [0.4, 0.5) is 0 Å². The van der Waals surface area contributed by atoms with E-state index in [4.69, 9.17) is 9.32 Å². The molecule has 6 atom stereocenters. The Kier molecular flexibility index (Phi) is 3.92. The predicted molar refractivity (Wildman–Crippen MR) is 92.2 cm³/mol. The number of fused-ring (bicyclic) bond motifs is 5. The van der Waals surface area contributed by atoms with Crippen LogP contribution >= 0.6 is 0 Å². The standard InChI is InChI=1S/C18H25NO5S/c1-18-7-6-13-12-5-3-11(24-25(19,22)23)8-10(12)2-4-14(13)15(18)9-16(20)17(18)21/h3,5,8,13-17,20-21H,2,4,6-7,9H2,1H3,(H2,19,22,23)/t13-,14-,15+,16-,17+,18+/m1/s1. The largest absolute Gasteiger partial charge is 0.390 e. The van der Waals surface area contributed by atoms with Crippen molar-refractivity contribution < 1.29 is 22.8 Å². The molecule has 2 fully saturated rings. The van der Waals surface area contributed by atoms with Gasteiger partial charge < -0.3 is 14.4 Å². The van der Waals surface area contributed by atoms with Gasteiger partial charge >= 0.3 is 10.3 Å². The van der Waals surface area contributed by atoms with Crippen molar-refractivity contribution in [1.82, 2.24) is 0 Å². The Labute approximate surface area is 148 Å². The topological polar surface area (TPSA) is 110 Å². The van der Waals surface area contributed by atoms with Crippen molar-refractivity contribution in [2.75, 3.05) is 0 Å². The van der Waals surface area contributed by atoms with Crippen LogP contribution in [0.1, 0.15) is 49.7 Å². The molecular formula is C18H25NO5S. The van der Waals surface area contributed by atoms with Crippen LogP contribution in [0.15, 0.2) is 18.2 Å². The molecule has 0 radical (unpaired) electrons. The summed E-state index contributed by atoms with van der Waals surface area (Å²) in [5.41, 5.74) is 2.16. The van der Waals surface area contributed by atoms with Gasteiger partial charge in [0.05, 0.1) is 12.2 Å². The molecule has 0 amide bonds. The summed E-state index contributed by atoms with van der Waals surface area (Å²) in [4.78, 5) is 0. The zero-order valence-electron chi connectivity index (χ0n) is 14.3. The van der Waals surface area contributed by atoms with Gasteiger partial charge in [0.2, 0.25) is 0 Å². The lowest BCUT2D eigenvalue weighted by Crippen LogP contribution is -2.44. The zero-order chi connectivity index (χ0) is 18.0. The fraction of sp³-hybridized carbons (Fsp3) is 0.667. The molecule has 3 aliphatic carbocycles. The number of aliphatic hydroxyl groups excluding tert-OH is 2. The molecule has 0 aromatic heterocycles. The molecule has 0 spiro atoms. The van der Waals surface area contributed by atoms with Crippen molar-refractivity contribution in [3.8, 4) is 5.75 Å². The molecule has 0 bridgehead atoms. The normalized spacial score (nSPS) is 40.1. The third-order valence-electron chi connectivity index (χ3n) is 6.88. The minimum Gasteiger partial charge on any atom is -0.390 e. The molecule has 138 valence electrons. The molecular weight excluding hydrogens is 342 g/mol. The monoisotopic (exact) mass is 367 g/mol. The highest BCUT2D eigenvalue weighted by atomic mass is 32.2. The maximum atomic E-state index is 11.1. The van der Waals surface area contributed by atoms with E-state index in [9.17, 15) is 18.6 Å². The smallest absolute Gasteiger partial charge is 0.380 e. The van der Waals surface area contributed by atoms with E-state index < -0.39 is 22.5 Å². The van der Waals surface area contributed by atoms with Crippen molar-refractivity contribution in [3.63, 3.8) is 0 Å². The van der Waals surface area contributed by atoms with Crippen LogP contribution in [0.5, 0.6) is 5.75 Å². The average molecular weight is 367 g/mol. The fourth-order valence-electron chi connectivity index (χ4n) is 5.73. The van der Waals surface area contributed by atoms with Gasteiger partial charge in [-0.25, -0.2) is 0 Å². The van der Waals surface area contributed by atoms with Crippen LogP contribution in [0.2, 0.25) is 0 Å². The lowest BCUT2D eigenvalue weighted by molar-refractivity contribution is -0.0505. The number of benzene rings is 1. The Morgan fingerprint density at radius 3 is 2.76 bits per heavy atom. The first-order chi connectivity index (χ1) is 11.7. The molecule has 25 heavy (non-hydrogen) atoms. The minimum absolute atomic E-state index is 0.200. The van der Waals surface area contributed by atoms with Gasteiger partial charge in [0.15, 0.2) is 0 Å². The van der Waals surface area contributed by atoms with Crippen molar-refractivity contribution in [2.45, 2.75) is 57.2 Å². The van der Waals surface area contributed by atoms with Crippen molar-refractivity contribution >= 4 is 10.3 Å². The Balaban J connectivity index is 1.64. The first-order valence-corrected chi connectivity index (χ1v) is 10.4. The second kappa shape index (κ2) is 5.67. The maximum absolute atomic E-state index is 11.1. The fourth-order valence-corrected chi connectivity index (χ4v) is 6.10. The van der Waals surface area contributed by atoms with Gasteiger partial charge in [-0.05, 0) is 78.5 Å². The Bertz CT molecular complexity index is 795. The molecule has 2 saturated carbocycles. The first kappa shape index (κ1) is 17.3. The highest BCUT2D eigenvalue weighted by Gasteiger charge is 2.57. The summed E-state index contributed by atoms with van der Waals surface area (Å²) in [5, 5.41) is 25.6. The summed E-state index contributed by atoms with van der Waals surface area (Å²) in [6, 6.07) is 5.40. The molecule has 4 N–H and O–H groups in total. The molecule has 0 saturated heterocycles. The van der Waals surface area contributed by atoms with E-state index in [-0.39, 0.29) is 11.2 Å². The Morgan fingerprint density at radius 1 is 1.28 bits per heavy atom. The average Bonchev–Trinajstić information content (AvgIpc) is 2.76. The molecule has 0 unspecified atom stereocenters. The second-order valence-corrected chi connectivity index (χ2v) is 9.30. The molecule has 0 heterocycles. The van der Waals surface area contributed by atoms with Gasteiger partial charge in [-0.2, -0.15) is 13.6 Å². The van der Waals surface area contributed by atoms with Crippen molar-refractivity contribution in [2.24, 2.45) is 22.4 Å². The first-order valence-electron chi connectivity index (χ1n) is 8.90. The molecule has 1 aromatic rings. The van der Waals surface area contributed by atoms with Crippen LogP contribution in [0.25, 0.3) is 0 Å². The zero-order valence-corrected chi connectivity index (χ0v) is 15.1. The summed E-state index contributed by atoms with van der Waals surface area (Å²) >= 11 is 0. The van der Waals surface area contributed by atoms with Gasteiger partial charge in [0, 0.05) is 0 Å². The van der Waals surface area contributed by atoms with E-state index in [0.717, 1.165) is 31.2 Å². The number of aryl methyl sites for hydroxylation is 1. The van der Waals surface area contributed by atoms with Crippen LogP contribution in [-0.4, -0.2) is 30.8 Å². The van der Waals surface area contributed by atoms with Crippen LogP contribution in [-0.2, 0) is 16.7 Å². The highest BCUT2D eigenvalue weighted by Crippen LogP contribution is 2.60.